The third-order valence-corrected chi connectivity index (χ3v) is 8.00. The predicted octanol–water partition coefficient (Wildman–Crippen LogP) is 1.93. The van der Waals surface area contributed by atoms with Crippen LogP contribution in [0.4, 0.5) is 5.69 Å². The smallest absolute Gasteiger partial charge is 0.262 e. The van der Waals surface area contributed by atoms with Crippen molar-refractivity contribution < 1.29 is 22.7 Å². The first-order chi connectivity index (χ1) is 13.9. The third kappa shape index (κ3) is 3.98. The Hall–Kier alpha value is -2.13. The Balaban J connectivity index is 1.57. The molecule has 1 aromatic carbocycles. The van der Waals surface area contributed by atoms with Gasteiger partial charge in [0, 0.05) is 18.7 Å². The summed E-state index contributed by atoms with van der Waals surface area (Å²) in [5.41, 5.74) is 0.971. The number of ether oxygens (including phenoxy) is 1. The summed E-state index contributed by atoms with van der Waals surface area (Å²) in [4.78, 5) is 24.5. The van der Waals surface area contributed by atoms with Crippen molar-refractivity contribution in [3.05, 3.63) is 17.7 Å². The Bertz CT molecular complexity index is 924. The molecule has 9 heteroatoms. The number of nitrogens with one attached hydrogen (secondary N) is 2. The van der Waals surface area contributed by atoms with Gasteiger partial charge in [-0.1, -0.05) is 19.3 Å². The summed E-state index contributed by atoms with van der Waals surface area (Å²) < 4.78 is 33.5. The highest BCUT2D eigenvalue weighted by molar-refractivity contribution is 7.89. The molecule has 8 nitrogen and oxygen atoms in total. The van der Waals surface area contributed by atoms with Crippen LogP contribution in [0.5, 0.6) is 5.75 Å². The summed E-state index contributed by atoms with van der Waals surface area (Å²) in [5.74, 6) is -0.139. The van der Waals surface area contributed by atoms with E-state index in [-0.39, 0.29) is 29.4 Å². The van der Waals surface area contributed by atoms with Gasteiger partial charge in [0.15, 0.2) is 6.61 Å². The van der Waals surface area contributed by atoms with Gasteiger partial charge in [0.1, 0.15) is 11.8 Å². The molecule has 2 amide bonds. The van der Waals surface area contributed by atoms with Crippen LogP contribution < -0.4 is 15.4 Å². The molecule has 1 aromatic rings. The van der Waals surface area contributed by atoms with Gasteiger partial charge >= 0.3 is 0 Å². The molecule has 1 saturated heterocycles. The molecule has 29 heavy (non-hydrogen) atoms. The third-order valence-electron chi connectivity index (χ3n) is 5.95. The predicted molar refractivity (Wildman–Crippen MR) is 107 cm³/mol. The normalized spacial score (nSPS) is 23.2. The van der Waals surface area contributed by atoms with Crippen molar-refractivity contribution in [3.8, 4) is 5.75 Å². The SMILES string of the molecule is Cc1cc2c(cc1S(=O)(=O)N1CCCC1C(=O)NC1CCCCC1)OCC(=O)N2. The highest BCUT2D eigenvalue weighted by atomic mass is 32.2. The maximum absolute atomic E-state index is 13.4. The molecule has 0 spiro atoms. The number of amides is 2. The van der Waals surface area contributed by atoms with Crippen LogP contribution in [0.1, 0.15) is 50.5 Å². The van der Waals surface area contributed by atoms with Crippen molar-refractivity contribution in [2.24, 2.45) is 0 Å². The summed E-state index contributed by atoms with van der Waals surface area (Å²) >= 11 is 0. The highest BCUT2D eigenvalue weighted by Crippen LogP contribution is 2.36. The maximum Gasteiger partial charge on any atom is 0.262 e. The van der Waals surface area contributed by atoms with Crippen LogP contribution >= 0.6 is 0 Å². The zero-order chi connectivity index (χ0) is 20.6. The number of benzene rings is 1. The first-order valence-corrected chi connectivity index (χ1v) is 11.7. The van der Waals surface area contributed by atoms with Crippen LogP contribution in [0, 0.1) is 6.92 Å². The molecule has 1 saturated carbocycles. The van der Waals surface area contributed by atoms with E-state index >= 15 is 0 Å². The number of sulfonamides is 1. The molecule has 158 valence electrons. The van der Waals surface area contributed by atoms with Crippen LogP contribution in [0.15, 0.2) is 17.0 Å². The van der Waals surface area contributed by atoms with E-state index in [2.05, 4.69) is 10.6 Å². The number of fused-ring (bicyclic) bond motifs is 1. The first-order valence-electron chi connectivity index (χ1n) is 10.3. The number of carbonyl (C=O) groups excluding carboxylic acids is 2. The minimum atomic E-state index is -3.87. The lowest BCUT2D eigenvalue weighted by atomic mass is 9.95. The first kappa shape index (κ1) is 20.2. The van der Waals surface area contributed by atoms with Gasteiger partial charge in [-0.25, -0.2) is 8.42 Å². The van der Waals surface area contributed by atoms with Gasteiger partial charge < -0.3 is 15.4 Å². The van der Waals surface area contributed by atoms with Crippen molar-refractivity contribution in [2.45, 2.75) is 68.8 Å². The molecule has 2 heterocycles. The quantitative estimate of drug-likeness (QED) is 0.773. The summed E-state index contributed by atoms with van der Waals surface area (Å²) in [7, 11) is -3.87. The average molecular weight is 422 g/mol. The van der Waals surface area contributed by atoms with Crippen molar-refractivity contribution >= 4 is 27.5 Å². The second-order valence-electron chi connectivity index (χ2n) is 8.07. The number of anilines is 1. The van der Waals surface area contributed by atoms with E-state index in [4.69, 9.17) is 4.74 Å². The number of hydrogen-bond donors (Lipinski definition) is 2. The number of hydrogen-bond acceptors (Lipinski definition) is 5. The summed E-state index contributed by atoms with van der Waals surface area (Å²) in [5, 5.41) is 5.75. The van der Waals surface area contributed by atoms with Crippen molar-refractivity contribution in [1.29, 1.82) is 0 Å². The highest BCUT2D eigenvalue weighted by Gasteiger charge is 2.41. The van der Waals surface area contributed by atoms with Crippen molar-refractivity contribution in [2.75, 3.05) is 18.5 Å². The minimum absolute atomic E-state index is 0.116. The van der Waals surface area contributed by atoms with E-state index in [1.807, 2.05) is 0 Å². The molecule has 2 N–H and O–H groups in total. The Labute approximate surface area is 171 Å². The standard InChI is InChI=1S/C20H27N3O5S/c1-13-10-15-17(28-12-19(24)22-15)11-18(13)29(26,27)23-9-5-8-16(23)20(25)21-14-6-3-2-4-7-14/h10-11,14,16H,2-9,12H2,1H3,(H,21,25)(H,22,24). The molecule has 2 fully saturated rings. The fourth-order valence-electron chi connectivity index (χ4n) is 4.45. The molecule has 0 aromatic heterocycles. The largest absolute Gasteiger partial charge is 0.482 e. The molecule has 2 aliphatic heterocycles. The van der Waals surface area contributed by atoms with Gasteiger partial charge in [0.2, 0.25) is 15.9 Å². The van der Waals surface area contributed by atoms with Gasteiger partial charge in [-0.15, -0.1) is 0 Å². The van der Waals surface area contributed by atoms with Crippen LogP contribution in [-0.4, -0.2) is 49.8 Å². The number of rotatable bonds is 4. The van der Waals surface area contributed by atoms with Crippen molar-refractivity contribution in [3.63, 3.8) is 0 Å². The zero-order valence-corrected chi connectivity index (χ0v) is 17.4. The molecular formula is C20H27N3O5S. The number of nitrogens with zero attached hydrogens (tertiary/aromatic N) is 1. The fourth-order valence-corrected chi connectivity index (χ4v) is 6.33. The lowest BCUT2D eigenvalue weighted by Crippen LogP contribution is -2.49. The Kier molecular flexibility index (Phi) is 5.52. The second-order valence-corrected chi connectivity index (χ2v) is 9.93. The number of aryl methyl sites for hydroxylation is 1. The van der Waals surface area contributed by atoms with Gasteiger partial charge in [0.25, 0.3) is 5.91 Å². The molecule has 1 unspecified atom stereocenters. The summed E-state index contributed by atoms with van der Waals surface area (Å²) in [6, 6.07) is 2.52. The average Bonchev–Trinajstić information content (AvgIpc) is 3.19. The lowest BCUT2D eigenvalue weighted by Gasteiger charge is -2.28. The molecular weight excluding hydrogens is 394 g/mol. The van der Waals surface area contributed by atoms with E-state index in [0.717, 1.165) is 25.7 Å². The van der Waals surface area contributed by atoms with E-state index in [0.29, 0.717) is 36.4 Å². The van der Waals surface area contributed by atoms with Gasteiger partial charge in [0.05, 0.1) is 10.6 Å². The van der Waals surface area contributed by atoms with E-state index in [1.165, 1.54) is 16.8 Å². The topological polar surface area (TPSA) is 105 Å². The van der Waals surface area contributed by atoms with Gasteiger partial charge in [-0.2, -0.15) is 4.31 Å². The summed E-state index contributed by atoms with van der Waals surface area (Å²) in [6.45, 7) is 1.85. The van der Waals surface area contributed by atoms with E-state index in [1.54, 1.807) is 13.0 Å². The van der Waals surface area contributed by atoms with Gasteiger partial charge in [-0.3, -0.25) is 9.59 Å². The van der Waals surface area contributed by atoms with Crippen LogP contribution in [0.3, 0.4) is 0 Å². The van der Waals surface area contributed by atoms with Crippen LogP contribution in [-0.2, 0) is 19.6 Å². The molecule has 0 radical (unpaired) electrons. The van der Waals surface area contributed by atoms with Crippen LogP contribution in [0.25, 0.3) is 0 Å². The Morgan fingerprint density at radius 3 is 2.69 bits per heavy atom. The minimum Gasteiger partial charge on any atom is -0.482 e. The Morgan fingerprint density at radius 2 is 1.93 bits per heavy atom. The molecule has 4 rings (SSSR count). The number of carbonyl (C=O) groups is 2. The van der Waals surface area contributed by atoms with Crippen molar-refractivity contribution in [1.82, 2.24) is 9.62 Å². The fraction of sp³-hybridized carbons (Fsp3) is 0.600. The molecule has 3 aliphatic rings. The maximum atomic E-state index is 13.4. The molecule has 0 bridgehead atoms. The summed E-state index contributed by atoms with van der Waals surface area (Å²) in [6.07, 6.45) is 6.48. The van der Waals surface area contributed by atoms with E-state index < -0.39 is 16.1 Å². The second kappa shape index (κ2) is 7.95. The van der Waals surface area contributed by atoms with E-state index in [9.17, 15) is 18.0 Å². The van der Waals surface area contributed by atoms with Crippen LogP contribution in [0.2, 0.25) is 0 Å². The Morgan fingerprint density at radius 1 is 1.17 bits per heavy atom. The molecule has 1 atom stereocenters. The monoisotopic (exact) mass is 421 g/mol. The lowest BCUT2D eigenvalue weighted by molar-refractivity contribution is -0.125. The zero-order valence-electron chi connectivity index (χ0n) is 16.6. The molecule has 1 aliphatic carbocycles. The van der Waals surface area contributed by atoms with Gasteiger partial charge in [-0.05, 0) is 44.2 Å².